The van der Waals surface area contributed by atoms with Gasteiger partial charge in [-0.15, -0.1) is 0 Å². The first-order valence-electron chi connectivity index (χ1n) is 7.17. The van der Waals surface area contributed by atoms with E-state index >= 15 is 0 Å². The topological polar surface area (TPSA) is 146 Å². The summed E-state index contributed by atoms with van der Waals surface area (Å²) in [4.78, 5) is 0. The lowest BCUT2D eigenvalue weighted by Gasteiger charge is -2.34. The average Bonchev–Trinajstić information content (AvgIpc) is 2.51. The summed E-state index contributed by atoms with van der Waals surface area (Å²) in [6, 6.07) is 9.04. The smallest absolute Gasteiger partial charge is 0.373 e. The van der Waals surface area contributed by atoms with Crippen LogP contribution < -0.4 is 0 Å². The van der Waals surface area contributed by atoms with Crippen LogP contribution in [-0.4, -0.2) is 57.5 Å². The predicted molar refractivity (Wildman–Crippen MR) is 83.3 cm³/mol. The Labute approximate surface area is 145 Å². The van der Waals surface area contributed by atoms with Gasteiger partial charge in [-0.3, -0.25) is 9.11 Å². The Morgan fingerprint density at radius 2 is 1.72 bits per heavy atom. The molecule has 1 aromatic carbocycles. The maximum atomic E-state index is 10.9. The summed E-state index contributed by atoms with van der Waals surface area (Å²) < 4.78 is 80.3. The van der Waals surface area contributed by atoms with Gasteiger partial charge < -0.3 is 9.47 Å². The molecule has 0 bridgehead atoms. The molecule has 25 heavy (non-hydrogen) atoms. The van der Waals surface area contributed by atoms with Crippen molar-refractivity contribution in [2.24, 2.45) is 0 Å². The van der Waals surface area contributed by atoms with Crippen LogP contribution >= 0.6 is 0 Å². The van der Waals surface area contributed by atoms with Gasteiger partial charge in [0.05, 0.1) is 32.0 Å². The molecule has 2 unspecified atom stereocenters. The maximum absolute atomic E-state index is 10.9. The summed E-state index contributed by atoms with van der Waals surface area (Å²) in [5.74, 6) is 0. The lowest BCUT2D eigenvalue weighted by atomic mass is 10.0. The van der Waals surface area contributed by atoms with Crippen LogP contribution in [0.15, 0.2) is 30.3 Å². The van der Waals surface area contributed by atoms with Gasteiger partial charge in [0.1, 0.15) is 6.10 Å². The van der Waals surface area contributed by atoms with Crippen molar-refractivity contribution in [3.63, 3.8) is 0 Å². The monoisotopic (exact) mass is 398 g/mol. The molecule has 142 valence electrons. The predicted octanol–water partition coefficient (Wildman–Crippen LogP) is 0.368. The lowest BCUT2D eigenvalue weighted by Crippen LogP contribution is -2.46. The molecule has 1 fully saturated rings. The fraction of sp³-hybridized carbons (Fsp3) is 0.538. The first kappa shape index (κ1) is 20.2. The maximum Gasteiger partial charge on any atom is 0.397 e. The highest BCUT2D eigenvalue weighted by atomic mass is 32.3. The van der Waals surface area contributed by atoms with Crippen molar-refractivity contribution in [3.8, 4) is 0 Å². The molecule has 1 aromatic rings. The molecule has 1 saturated heterocycles. The Hall–Kier alpha value is -1.12. The molecular formula is C13H18O10S2. The van der Waals surface area contributed by atoms with E-state index in [1.165, 1.54) is 0 Å². The molecule has 2 rings (SSSR count). The van der Waals surface area contributed by atoms with Gasteiger partial charge in [0.2, 0.25) is 0 Å². The number of ether oxygens (including phenoxy) is 2. The van der Waals surface area contributed by atoms with Crippen LogP contribution in [0, 0.1) is 0 Å². The van der Waals surface area contributed by atoms with E-state index < -0.39 is 45.7 Å². The molecule has 0 radical (unpaired) electrons. The second-order valence-corrected chi connectivity index (χ2v) is 7.44. The van der Waals surface area contributed by atoms with Gasteiger partial charge in [-0.25, -0.2) is 8.37 Å². The standard InChI is InChI=1S/C13H18O10S2/c14-24(15,16)22-8-11-6-12(13(9-20-11)23-25(17,18)19)21-7-10-4-2-1-3-5-10/h1-5,11-13H,6-9H2,(H,14,15,16)(H,17,18,19)/t11?,12-,13?/m0/s1. The molecule has 1 aliphatic heterocycles. The van der Waals surface area contributed by atoms with Crippen LogP contribution in [0.2, 0.25) is 0 Å². The normalized spacial score (nSPS) is 25.0. The van der Waals surface area contributed by atoms with Crippen LogP contribution in [0.4, 0.5) is 0 Å². The van der Waals surface area contributed by atoms with E-state index in [1.807, 2.05) is 6.07 Å². The molecule has 12 heteroatoms. The summed E-state index contributed by atoms with van der Waals surface area (Å²) in [5.41, 5.74) is 0.824. The van der Waals surface area contributed by atoms with Crippen LogP contribution in [0.5, 0.6) is 0 Å². The number of hydrogen-bond donors (Lipinski definition) is 2. The number of benzene rings is 1. The highest BCUT2D eigenvalue weighted by Gasteiger charge is 2.36. The zero-order chi connectivity index (χ0) is 18.5. The summed E-state index contributed by atoms with van der Waals surface area (Å²) in [6.07, 6.45) is -2.67. The van der Waals surface area contributed by atoms with E-state index in [9.17, 15) is 16.8 Å². The zero-order valence-electron chi connectivity index (χ0n) is 12.9. The Morgan fingerprint density at radius 3 is 2.32 bits per heavy atom. The van der Waals surface area contributed by atoms with Crippen molar-refractivity contribution < 1.29 is 43.8 Å². The Kier molecular flexibility index (Phi) is 6.87. The average molecular weight is 398 g/mol. The first-order valence-corrected chi connectivity index (χ1v) is 9.90. The van der Waals surface area contributed by atoms with Crippen molar-refractivity contribution in [2.75, 3.05) is 13.2 Å². The molecule has 1 aliphatic rings. The third kappa shape index (κ3) is 7.75. The third-order valence-electron chi connectivity index (χ3n) is 3.36. The highest BCUT2D eigenvalue weighted by Crippen LogP contribution is 2.23. The second kappa shape index (κ2) is 8.51. The highest BCUT2D eigenvalue weighted by molar-refractivity contribution is 7.81. The van der Waals surface area contributed by atoms with Crippen molar-refractivity contribution in [3.05, 3.63) is 35.9 Å². The fourth-order valence-electron chi connectivity index (χ4n) is 2.29. The van der Waals surface area contributed by atoms with Crippen LogP contribution in [0.3, 0.4) is 0 Å². The summed E-state index contributed by atoms with van der Waals surface area (Å²) in [5, 5.41) is 0. The molecule has 10 nitrogen and oxygen atoms in total. The second-order valence-electron chi connectivity index (χ2n) is 5.30. The van der Waals surface area contributed by atoms with Crippen molar-refractivity contribution in [1.29, 1.82) is 0 Å². The van der Waals surface area contributed by atoms with E-state index in [2.05, 4.69) is 8.37 Å². The van der Waals surface area contributed by atoms with Gasteiger partial charge in [0, 0.05) is 6.42 Å². The summed E-state index contributed by atoms with van der Waals surface area (Å²) >= 11 is 0. The number of rotatable bonds is 8. The van der Waals surface area contributed by atoms with Crippen molar-refractivity contribution >= 4 is 20.8 Å². The quantitative estimate of drug-likeness (QED) is 0.589. The molecule has 2 N–H and O–H groups in total. The molecule has 0 spiro atoms. The fourth-order valence-corrected chi connectivity index (χ4v) is 3.11. The van der Waals surface area contributed by atoms with E-state index in [-0.39, 0.29) is 19.6 Å². The first-order chi connectivity index (χ1) is 11.6. The van der Waals surface area contributed by atoms with Gasteiger partial charge >= 0.3 is 20.8 Å². The molecule has 0 amide bonds. The van der Waals surface area contributed by atoms with Gasteiger partial charge in [-0.05, 0) is 5.56 Å². The lowest BCUT2D eigenvalue weighted by molar-refractivity contribution is -0.145. The molecule has 0 saturated carbocycles. The summed E-state index contributed by atoms with van der Waals surface area (Å²) in [7, 11) is -9.35. The van der Waals surface area contributed by atoms with Crippen LogP contribution in [0.1, 0.15) is 12.0 Å². The Bertz CT molecular complexity index is 746. The SMILES string of the molecule is O=S(=O)(O)OCC1C[C@H](OCc2ccccc2)C(OS(=O)(=O)O)CO1. The zero-order valence-corrected chi connectivity index (χ0v) is 14.6. The Morgan fingerprint density at radius 1 is 1.04 bits per heavy atom. The van der Waals surface area contributed by atoms with Gasteiger partial charge in [-0.2, -0.15) is 16.8 Å². The van der Waals surface area contributed by atoms with E-state index in [1.54, 1.807) is 24.3 Å². The third-order valence-corrected chi connectivity index (χ3v) is 4.29. The minimum atomic E-state index is -4.72. The summed E-state index contributed by atoms with van der Waals surface area (Å²) in [6.45, 7) is -0.607. The van der Waals surface area contributed by atoms with Crippen molar-refractivity contribution in [1.82, 2.24) is 0 Å². The Balaban J connectivity index is 2.00. The minimum Gasteiger partial charge on any atom is -0.373 e. The molecular weight excluding hydrogens is 380 g/mol. The minimum absolute atomic E-state index is 0.0303. The van der Waals surface area contributed by atoms with Crippen LogP contribution in [-0.2, 0) is 45.2 Å². The van der Waals surface area contributed by atoms with Gasteiger partial charge in [-0.1, -0.05) is 30.3 Å². The van der Waals surface area contributed by atoms with E-state index in [0.717, 1.165) is 5.56 Å². The van der Waals surface area contributed by atoms with E-state index in [0.29, 0.717) is 0 Å². The largest absolute Gasteiger partial charge is 0.397 e. The molecule has 1 heterocycles. The van der Waals surface area contributed by atoms with Crippen molar-refractivity contribution in [2.45, 2.75) is 31.3 Å². The van der Waals surface area contributed by atoms with Crippen LogP contribution in [0.25, 0.3) is 0 Å². The molecule has 0 aliphatic carbocycles. The van der Waals surface area contributed by atoms with Gasteiger partial charge in [0.15, 0.2) is 0 Å². The number of hydrogen-bond acceptors (Lipinski definition) is 8. The molecule has 3 atom stereocenters. The van der Waals surface area contributed by atoms with Gasteiger partial charge in [0.25, 0.3) is 0 Å². The molecule has 0 aromatic heterocycles. The van der Waals surface area contributed by atoms with E-state index in [4.69, 9.17) is 18.6 Å².